The number of nitrogens with zero attached hydrogens (tertiary/aromatic N) is 1. The lowest BCUT2D eigenvalue weighted by Gasteiger charge is -2.18. The molecule has 0 bridgehead atoms. The Labute approximate surface area is 242 Å². The Bertz CT molecular complexity index is 1010. The van der Waals surface area contributed by atoms with E-state index in [1.165, 1.54) is 109 Å². The molecule has 39 heavy (non-hydrogen) atoms. The number of unbranched alkanes of at least 4 members (excludes halogenated alkanes) is 9. The third kappa shape index (κ3) is 13.5. The summed E-state index contributed by atoms with van der Waals surface area (Å²) < 4.78 is 1.00. The maximum atomic E-state index is 2.49. The fourth-order valence-corrected chi connectivity index (χ4v) is 5.04. The van der Waals surface area contributed by atoms with Crippen LogP contribution in [0.4, 0.5) is 0 Å². The van der Waals surface area contributed by atoms with Crippen LogP contribution in [-0.2, 0) is 6.42 Å². The van der Waals surface area contributed by atoms with Gasteiger partial charge in [-0.05, 0) is 44.7 Å². The van der Waals surface area contributed by atoms with Gasteiger partial charge >= 0.3 is 0 Å². The molecule has 0 fully saturated rings. The summed E-state index contributed by atoms with van der Waals surface area (Å²) in [5.41, 5.74) is 9.77. The first kappa shape index (κ1) is 32.9. The number of benzene rings is 3. The molecule has 0 heterocycles. The highest BCUT2D eigenvalue weighted by atomic mass is 15.2. The van der Waals surface area contributed by atoms with Crippen molar-refractivity contribution >= 4 is 23.1 Å². The van der Waals surface area contributed by atoms with Crippen LogP contribution in [0.15, 0.2) is 66.7 Å². The van der Waals surface area contributed by atoms with Gasteiger partial charge in [0.25, 0.3) is 0 Å². The van der Waals surface area contributed by atoms with E-state index in [1.54, 1.807) is 0 Å². The maximum Gasteiger partial charge on any atom is 0.241 e. The monoisotopic (exact) mass is 526 g/mol. The summed E-state index contributed by atoms with van der Waals surface area (Å²) in [6, 6.07) is 25.4. The summed E-state index contributed by atoms with van der Waals surface area (Å²) in [4.78, 5) is 0. The summed E-state index contributed by atoms with van der Waals surface area (Å²) in [6.07, 6.45) is 15.1. The van der Waals surface area contributed by atoms with Crippen LogP contribution in [0.5, 0.6) is 0 Å². The topological polar surface area (TPSA) is 0 Å². The second-order valence-electron chi connectivity index (χ2n) is 13.1. The molecule has 2 heteroatoms. The van der Waals surface area contributed by atoms with E-state index in [9.17, 15) is 0 Å². The molecule has 3 rings (SSSR count). The van der Waals surface area contributed by atoms with Crippen molar-refractivity contribution in [3.8, 4) is 0 Å². The lowest BCUT2D eigenvalue weighted by molar-refractivity contribution is -0.849. The van der Waals surface area contributed by atoms with Crippen LogP contribution >= 0.6 is 0 Å². The maximum absolute atomic E-state index is 2.49. The third-order valence-electron chi connectivity index (χ3n) is 7.33. The van der Waals surface area contributed by atoms with Crippen LogP contribution in [0.25, 0.3) is 0 Å². The van der Waals surface area contributed by atoms with Crippen molar-refractivity contribution in [2.75, 3.05) is 28.2 Å². The van der Waals surface area contributed by atoms with E-state index in [0.717, 1.165) is 4.48 Å². The van der Waals surface area contributed by atoms with Crippen molar-refractivity contribution in [2.24, 2.45) is 0 Å². The largest absolute Gasteiger partial charge is 0.333 e. The predicted molar refractivity (Wildman–Crippen MR) is 178 cm³/mol. The van der Waals surface area contributed by atoms with E-state index < -0.39 is 0 Å². The smallest absolute Gasteiger partial charge is 0.241 e. The highest BCUT2D eigenvalue weighted by Crippen LogP contribution is 2.15. The van der Waals surface area contributed by atoms with E-state index in [0.29, 0.717) is 0 Å². The minimum absolute atomic E-state index is 0.285. The first-order chi connectivity index (χ1) is 18.6. The molecule has 212 valence electrons. The van der Waals surface area contributed by atoms with Crippen molar-refractivity contribution in [1.82, 2.24) is 0 Å². The molecule has 0 aliphatic carbocycles. The molecule has 0 unspecified atom stereocenters. The molecule has 0 aliphatic rings. The summed E-state index contributed by atoms with van der Waals surface area (Å²) in [7, 11) is 8.50. The van der Waals surface area contributed by atoms with Crippen molar-refractivity contribution in [3.63, 3.8) is 0 Å². The van der Waals surface area contributed by atoms with E-state index in [2.05, 4.69) is 123 Å². The second-order valence-corrected chi connectivity index (χ2v) is 13.1. The first-order valence-corrected chi connectivity index (χ1v) is 15.6. The molecule has 1 nitrogen and oxygen atoms in total. The van der Waals surface area contributed by atoms with Gasteiger partial charge in [-0.15, -0.1) is 0 Å². The molecule has 0 atom stereocenters. The van der Waals surface area contributed by atoms with Crippen molar-refractivity contribution in [1.29, 1.82) is 0 Å². The zero-order valence-corrected chi connectivity index (χ0v) is 26.7. The minimum Gasteiger partial charge on any atom is -0.333 e. The fraction of sp³-hybridized carbons (Fsp3) is 0.514. The summed E-state index contributed by atoms with van der Waals surface area (Å²) in [5.74, 6) is 0. The molecule has 0 radical (unpaired) electrons. The molecule has 0 N–H and O–H groups in total. The lowest BCUT2D eigenvalue weighted by atomic mass is 9.36. The molecular formula is C37H57BN+. The Hall–Kier alpha value is -2.32. The van der Waals surface area contributed by atoms with Crippen LogP contribution < -0.4 is 16.4 Å². The Kier molecular flexibility index (Phi) is 14.7. The highest BCUT2D eigenvalue weighted by molar-refractivity contribution is 6.95. The van der Waals surface area contributed by atoms with Gasteiger partial charge in [0.1, 0.15) is 0 Å². The number of rotatable bonds is 14. The van der Waals surface area contributed by atoms with Gasteiger partial charge in [-0.25, -0.2) is 0 Å². The van der Waals surface area contributed by atoms with Gasteiger partial charge < -0.3 is 4.48 Å². The normalized spacial score (nSPS) is 11.2. The van der Waals surface area contributed by atoms with E-state index in [-0.39, 0.29) is 6.71 Å². The van der Waals surface area contributed by atoms with Gasteiger partial charge in [0.15, 0.2) is 0 Å². The Morgan fingerprint density at radius 3 is 1.33 bits per heavy atom. The Balaban J connectivity index is 0.000000976. The van der Waals surface area contributed by atoms with Gasteiger partial charge in [0.2, 0.25) is 6.71 Å². The molecule has 0 aliphatic heterocycles. The zero-order valence-electron chi connectivity index (χ0n) is 26.7. The van der Waals surface area contributed by atoms with Crippen molar-refractivity contribution < 1.29 is 4.48 Å². The molecule has 0 saturated heterocycles. The van der Waals surface area contributed by atoms with Crippen LogP contribution in [-0.4, -0.2) is 39.4 Å². The summed E-state index contributed by atoms with van der Waals surface area (Å²) in [5, 5.41) is 0. The highest BCUT2D eigenvalue weighted by Gasteiger charge is 2.22. The predicted octanol–water partition coefficient (Wildman–Crippen LogP) is 7.91. The Morgan fingerprint density at radius 2 is 0.897 bits per heavy atom. The molecule has 0 spiro atoms. The van der Waals surface area contributed by atoms with E-state index in [1.807, 2.05) is 0 Å². The molecule has 0 aromatic heterocycles. The quantitative estimate of drug-likeness (QED) is 0.114. The number of hydrogen-bond donors (Lipinski definition) is 0. The van der Waals surface area contributed by atoms with E-state index >= 15 is 0 Å². The van der Waals surface area contributed by atoms with Gasteiger partial charge in [-0.2, -0.15) is 0 Å². The van der Waals surface area contributed by atoms with Crippen LogP contribution in [0.2, 0.25) is 0 Å². The standard InChI is InChI=1S/C33H45B.C4H12N/c1-5-6-7-8-9-10-11-12-13-14-15-30-26-33(25-20-29(30)4)34(31-21-16-27(2)17-22-31)32-23-18-28(3)19-24-32;1-5(2,3)4/h16-26H,5-15H2,1-4H3;1-4H3/q;+1. The number of aryl methyl sites for hydroxylation is 4. The first-order valence-electron chi connectivity index (χ1n) is 15.6. The van der Waals surface area contributed by atoms with Crippen LogP contribution in [0.1, 0.15) is 93.4 Å². The number of hydrogen-bond acceptors (Lipinski definition) is 0. The summed E-state index contributed by atoms with van der Waals surface area (Å²) in [6.45, 7) is 9.20. The van der Waals surface area contributed by atoms with Gasteiger partial charge in [0, 0.05) is 0 Å². The van der Waals surface area contributed by atoms with Crippen molar-refractivity contribution in [2.45, 2.75) is 98.3 Å². The number of quaternary nitrogens is 1. The molecular weight excluding hydrogens is 469 g/mol. The van der Waals surface area contributed by atoms with Gasteiger partial charge in [-0.1, -0.05) is 159 Å². The molecule has 0 amide bonds. The van der Waals surface area contributed by atoms with Gasteiger partial charge in [-0.3, -0.25) is 0 Å². The van der Waals surface area contributed by atoms with Gasteiger partial charge in [0.05, 0.1) is 28.2 Å². The van der Waals surface area contributed by atoms with E-state index in [4.69, 9.17) is 0 Å². The molecule has 0 saturated carbocycles. The average molecular weight is 527 g/mol. The average Bonchev–Trinajstić information content (AvgIpc) is 2.88. The molecule has 3 aromatic carbocycles. The Morgan fingerprint density at radius 1 is 0.513 bits per heavy atom. The third-order valence-corrected chi connectivity index (χ3v) is 7.33. The molecule has 3 aromatic rings. The fourth-order valence-electron chi connectivity index (χ4n) is 5.04. The lowest BCUT2D eigenvalue weighted by Crippen LogP contribution is -2.52. The van der Waals surface area contributed by atoms with Crippen molar-refractivity contribution in [3.05, 3.63) is 89.0 Å². The zero-order chi connectivity index (χ0) is 28.7. The SMILES string of the molecule is CCCCCCCCCCCCc1cc(B(c2ccc(C)cc2)c2ccc(C)cc2)ccc1C.C[N+](C)(C)C. The summed E-state index contributed by atoms with van der Waals surface area (Å²) >= 11 is 0. The minimum atomic E-state index is 0.285. The van der Waals surface area contributed by atoms with Crippen LogP contribution in [0.3, 0.4) is 0 Å². The second kappa shape index (κ2) is 17.4. The van der Waals surface area contributed by atoms with Crippen LogP contribution in [0, 0.1) is 20.8 Å².